The van der Waals surface area contributed by atoms with Crippen LogP contribution in [0, 0.1) is 5.92 Å². The van der Waals surface area contributed by atoms with Gasteiger partial charge < -0.3 is 19.9 Å². The zero-order valence-corrected chi connectivity index (χ0v) is 13.5. The van der Waals surface area contributed by atoms with E-state index in [1.165, 1.54) is 0 Å². The lowest BCUT2D eigenvalue weighted by atomic mass is 10.2. The van der Waals surface area contributed by atoms with Gasteiger partial charge in [-0.3, -0.25) is 0 Å². The molecule has 0 spiro atoms. The number of hydrogen-bond acceptors (Lipinski definition) is 7. The Morgan fingerprint density at radius 1 is 1.24 bits per heavy atom. The van der Waals surface area contributed by atoms with Gasteiger partial charge in [-0.1, -0.05) is 13.8 Å². The summed E-state index contributed by atoms with van der Waals surface area (Å²) in [5.41, 5.74) is 0. The van der Waals surface area contributed by atoms with Crippen molar-refractivity contribution < 1.29 is 4.74 Å². The first-order valence-electron chi connectivity index (χ1n) is 7.65. The Bertz CT molecular complexity index is 447. The molecule has 0 unspecified atom stereocenters. The first-order chi connectivity index (χ1) is 10.1. The van der Waals surface area contributed by atoms with E-state index < -0.39 is 0 Å². The Kier molecular flexibility index (Phi) is 5.55. The first-order valence-corrected chi connectivity index (χ1v) is 7.65. The van der Waals surface area contributed by atoms with Crippen LogP contribution < -0.4 is 15.1 Å². The van der Waals surface area contributed by atoms with Gasteiger partial charge in [0.1, 0.15) is 0 Å². The lowest BCUT2D eigenvalue weighted by Gasteiger charge is -2.29. The van der Waals surface area contributed by atoms with Crippen molar-refractivity contribution in [2.45, 2.75) is 20.8 Å². The van der Waals surface area contributed by atoms with Crippen LogP contribution >= 0.6 is 0 Å². The highest BCUT2D eigenvalue weighted by Crippen LogP contribution is 2.18. The van der Waals surface area contributed by atoms with Crippen molar-refractivity contribution in [3.63, 3.8) is 0 Å². The summed E-state index contributed by atoms with van der Waals surface area (Å²) in [6.45, 7) is 11.4. The topological polar surface area (TPSA) is 66.4 Å². The molecule has 1 aromatic heterocycles. The molecule has 0 aliphatic carbocycles. The summed E-state index contributed by atoms with van der Waals surface area (Å²) in [4.78, 5) is 18.0. The quantitative estimate of drug-likeness (QED) is 0.846. The molecule has 21 heavy (non-hydrogen) atoms. The second kappa shape index (κ2) is 7.40. The minimum atomic E-state index is 0.562. The van der Waals surface area contributed by atoms with Crippen LogP contribution in [-0.2, 0) is 4.74 Å². The van der Waals surface area contributed by atoms with Crippen LogP contribution in [0.4, 0.5) is 17.8 Å². The van der Waals surface area contributed by atoms with E-state index >= 15 is 0 Å². The zero-order chi connectivity index (χ0) is 15.2. The molecule has 1 saturated heterocycles. The molecule has 1 aliphatic rings. The Morgan fingerprint density at radius 2 is 1.95 bits per heavy atom. The van der Waals surface area contributed by atoms with Gasteiger partial charge >= 0.3 is 0 Å². The highest BCUT2D eigenvalue weighted by molar-refractivity contribution is 5.45. The van der Waals surface area contributed by atoms with Gasteiger partial charge in [-0.05, 0) is 12.8 Å². The summed E-state index contributed by atoms with van der Waals surface area (Å²) in [5, 5.41) is 3.03. The molecule has 7 nitrogen and oxygen atoms in total. The van der Waals surface area contributed by atoms with Crippen LogP contribution in [-0.4, -0.2) is 61.4 Å². The average Bonchev–Trinajstić information content (AvgIpc) is 2.52. The highest BCUT2D eigenvalue weighted by Gasteiger charge is 2.18. The number of ether oxygens (including phenoxy) is 1. The molecule has 2 rings (SSSR count). The van der Waals surface area contributed by atoms with Gasteiger partial charge in [-0.15, -0.1) is 0 Å². The van der Waals surface area contributed by atoms with Gasteiger partial charge in [-0.2, -0.15) is 15.0 Å². The Hall–Kier alpha value is -1.63. The second-order valence-corrected chi connectivity index (χ2v) is 5.54. The standard InChI is InChI=1S/C14H26N6O/c1-5-19(10-11(2)3)13-16-12(15-4)17-14(18-13)20-6-8-21-9-7-20/h11H,5-10H2,1-4H3,(H,15,16,17,18). The summed E-state index contributed by atoms with van der Waals surface area (Å²) >= 11 is 0. The molecule has 0 aromatic carbocycles. The van der Waals surface area contributed by atoms with Gasteiger partial charge in [0.25, 0.3) is 0 Å². The smallest absolute Gasteiger partial charge is 0.232 e. The van der Waals surface area contributed by atoms with Crippen molar-refractivity contribution in [3.8, 4) is 0 Å². The summed E-state index contributed by atoms with van der Waals surface area (Å²) < 4.78 is 5.39. The second-order valence-electron chi connectivity index (χ2n) is 5.54. The Labute approximate surface area is 126 Å². The normalized spacial score (nSPS) is 15.4. The molecule has 0 amide bonds. The number of rotatable bonds is 6. The van der Waals surface area contributed by atoms with Crippen LogP contribution in [0.1, 0.15) is 20.8 Å². The van der Waals surface area contributed by atoms with Crippen molar-refractivity contribution in [1.82, 2.24) is 15.0 Å². The van der Waals surface area contributed by atoms with E-state index in [4.69, 9.17) is 4.74 Å². The van der Waals surface area contributed by atoms with Crippen LogP contribution in [0.3, 0.4) is 0 Å². The maximum Gasteiger partial charge on any atom is 0.232 e. The molecule has 0 bridgehead atoms. The van der Waals surface area contributed by atoms with Gasteiger partial charge in [0.15, 0.2) is 0 Å². The average molecular weight is 294 g/mol. The predicted molar refractivity (Wildman–Crippen MR) is 85.1 cm³/mol. The molecule has 0 saturated carbocycles. The van der Waals surface area contributed by atoms with Crippen molar-refractivity contribution in [3.05, 3.63) is 0 Å². The molecule has 1 aromatic rings. The SMILES string of the molecule is CCN(CC(C)C)c1nc(NC)nc(N2CCOCC2)n1. The van der Waals surface area contributed by atoms with Crippen LogP contribution in [0.5, 0.6) is 0 Å². The first kappa shape index (κ1) is 15.8. The number of nitrogens with zero attached hydrogens (tertiary/aromatic N) is 5. The molecule has 1 fully saturated rings. The number of morpholine rings is 1. The molecule has 0 atom stereocenters. The third-order valence-electron chi connectivity index (χ3n) is 3.38. The number of anilines is 3. The largest absolute Gasteiger partial charge is 0.378 e. The Morgan fingerprint density at radius 3 is 2.52 bits per heavy atom. The van der Waals surface area contributed by atoms with Crippen LogP contribution in [0.25, 0.3) is 0 Å². The lowest BCUT2D eigenvalue weighted by molar-refractivity contribution is 0.122. The summed E-state index contributed by atoms with van der Waals surface area (Å²) in [7, 11) is 1.83. The number of nitrogens with one attached hydrogen (secondary N) is 1. The third-order valence-corrected chi connectivity index (χ3v) is 3.38. The van der Waals surface area contributed by atoms with Gasteiger partial charge in [0.2, 0.25) is 17.8 Å². The van der Waals surface area contributed by atoms with Crippen molar-refractivity contribution in [2.75, 3.05) is 61.6 Å². The maximum absolute atomic E-state index is 5.39. The van der Waals surface area contributed by atoms with Gasteiger partial charge in [0.05, 0.1) is 13.2 Å². The van der Waals surface area contributed by atoms with Crippen LogP contribution in [0.15, 0.2) is 0 Å². The van der Waals surface area contributed by atoms with Crippen LogP contribution in [0.2, 0.25) is 0 Å². The van der Waals surface area contributed by atoms with E-state index in [-0.39, 0.29) is 0 Å². The molecule has 7 heteroatoms. The van der Waals surface area contributed by atoms with E-state index in [2.05, 4.69) is 50.8 Å². The predicted octanol–water partition coefficient (Wildman–Crippen LogP) is 1.23. The third kappa shape index (κ3) is 4.17. The van der Waals surface area contributed by atoms with Gasteiger partial charge in [0, 0.05) is 33.2 Å². The molecule has 0 radical (unpaired) electrons. The number of aromatic nitrogens is 3. The van der Waals surface area contributed by atoms with E-state index in [1.54, 1.807) is 0 Å². The molecule has 2 heterocycles. The summed E-state index contributed by atoms with van der Waals surface area (Å²) in [5.74, 6) is 2.65. The van der Waals surface area contributed by atoms with E-state index in [9.17, 15) is 0 Å². The minimum Gasteiger partial charge on any atom is -0.378 e. The van der Waals surface area contributed by atoms with Crippen molar-refractivity contribution in [1.29, 1.82) is 0 Å². The maximum atomic E-state index is 5.39. The van der Waals surface area contributed by atoms with E-state index in [1.807, 2.05) is 7.05 Å². The molecular formula is C14H26N6O. The molecular weight excluding hydrogens is 268 g/mol. The fourth-order valence-electron chi connectivity index (χ4n) is 2.30. The highest BCUT2D eigenvalue weighted by atomic mass is 16.5. The number of hydrogen-bond donors (Lipinski definition) is 1. The summed E-state index contributed by atoms with van der Waals surface area (Å²) in [6.07, 6.45) is 0. The Balaban J connectivity index is 2.27. The van der Waals surface area contributed by atoms with Gasteiger partial charge in [-0.25, -0.2) is 0 Å². The zero-order valence-electron chi connectivity index (χ0n) is 13.5. The van der Waals surface area contributed by atoms with Crippen molar-refractivity contribution in [2.24, 2.45) is 5.92 Å². The summed E-state index contributed by atoms with van der Waals surface area (Å²) in [6, 6.07) is 0. The molecule has 118 valence electrons. The molecule has 1 N–H and O–H groups in total. The fourth-order valence-corrected chi connectivity index (χ4v) is 2.30. The molecule has 1 aliphatic heterocycles. The lowest BCUT2D eigenvalue weighted by Crippen LogP contribution is -2.38. The monoisotopic (exact) mass is 294 g/mol. The van der Waals surface area contributed by atoms with E-state index in [0.29, 0.717) is 11.9 Å². The minimum absolute atomic E-state index is 0.562. The van der Waals surface area contributed by atoms with E-state index in [0.717, 1.165) is 51.3 Å². The fraction of sp³-hybridized carbons (Fsp3) is 0.786. The van der Waals surface area contributed by atoms with Crippen molar-refractivity contribution >= 4 is 17.8 Å².